The van der Waals surface area contributed by atoms with E-state index in [0.29, 0.717) is 31.0 Å². The second kappa shape index (κ2) is 9.62. The molecule has 1 aliphatic heterocycles. The fourth-order valence-corrected chi connectivity index (χ4v) is 3.53. The Balaban J connectivity index is 2.07. The van der Waals surface area contributed by atoms with E-state index in [0.717, 1.165) is 11.1 Å². The maximum Gasteiger partial charge on any atom is 0.295 e. The number of Topliss-reactive ketones (excluding diaryl/α,β-unsaturated/α-hetero) is 1. The minimum atomic E-state index is -0.672. The van der Waals surface area contributed by atoms with Crippen LogP contribution in [0, 0.1) is 6.92 Å². The molecule has 31 heavy (non-hydrogen) atoms. The Bertz CT molecular complexity index is 991. The third-order valence-corrected chi connectivity index (χ3v) is 5.22. The van der Waals surface area contributed by atoms with E-state index in [1.807, 2.05) is 50.2 Å². The Labute approximate surface area is 183 Å². The second-order valence-electron chi connectivity index (χ2n) is 7.83. The van der Waals surface area contributed by atoms with Gasteiger partial charge in [-0.3, -0.25) is 9.59 Å². The zero-order valence-corrected chi connectivity index (χ0v) is 18.2. The van der Waals surface area contributed by atoms with Crippen LogP contribution in [0.3, 0.4) is 0 Å². The topological polar surface area (TPSA) is 70.1 Å². The summed E-state index contributed by atoms with van der Waals surface area (Å²) in [5, 5.41) is 11.0. The minimum absolute atomic E-state index is 0.104. The van der Waals surface area contributed by atoms with Gasteiger partial charge in [0.1, 0.15) is 18.1 Å². The third-order valence-electron chi connectivity index (χ3n) is 5.22. The number of aliphatic hydroxyl groups excluding tert-OH is 1. The highest BCUT2D eigenvalue weighted by Gasteiger charge is 2.45. The molecule has 1 amide bonds. The quantitative estimate of drug-likeness (QED) is 0.306. The van der Waals surface area contributed by atoms with Crippen molar-refractivity contribution < 1.29 is 19.4 Å². The first-order valence-corrected chi connectivity index (χ1v) is 10.2. The summed E-state index contributed by atoms with van der Waals surface area (Å²) in [4.78, 5) is 29.3. The summed E-state index contributed by atoms with van der Waals surface area (Å²) in [6.07, 6.45) is 1.66. The Hall–Kier alpha value is -3.38. The SMILES string of the molecule is C=CCOc1ccc([C@@H]2C(=C(O)c3ccc(C)cc3)C(=O)C(=O)N2CCN(C)C)cc1. The summed E-state index contributed by atoms with van der Waals surface area (Å²) < 4.78 is 5.54. The summed E-state index contributed by atoms with van der Waals surface area (Å²) in [6.45, 7) is 6.92. The zero-order chi connectivity index (χ0) is 22.5. The number of ketones is 1. The van der Waals surface area contributed by atoms with E-state index < -0.39 is 17.7 Å². The molecular formula is C25H28N2O4. The monoisotopic (exact) mass is 420 g/mol. The van der Waals surface area contributed by atoms with Gasteiger partial charge in [0.2, 0.25) is 0 Å². The summed E-state index contributed by atoms with van der Waals surface area (Å²) >= 11 is 0. The number of carbonyl (C=O) groups is 2. The van der Waals surface area contributed by atoms with Crippen molar-refractivity contribution in [3.63, 3.8) is 0 Å². The molecule has 6 heteroatoms. The number of aliphatic hydroxyl groups is 1. The van der Waals surface area contributed by atoms with E-state index in [4.69, 9.17) is 4.74 Å². The Morgan fingerprint density at radius 1 is 1.13 bits per heavy atom. The van der Waals surface area contributed by atoms with Gasteiger partial charge in [0, 0.05) is 18.7 Å². The number of hydrogen-bond donors (Lipinski definition) is 1. The average Bonchev–Trinajstić information content (AvgIpc) is 3.01. The predicted molar refractivity (Wildman–Crippen MR) is 121 cm³/mol. The first-order chi connectivity index (χ1) is 14.8. The first kappa shape index (κ1) is 22.3. The van der Waals surface area contributed by atoms with Crippen molar-refractivity contribution in [2.75, 3.05) is 33.8 Å². The molecule has 1 heterocycles. The van der Waals surface area contributed by atoms with E-state index in [1.165, 1.54) is 4.90 Å². The van der Waals surface area contributed by atoms with Gasteiger partial charge in [-0.2, -0.15) is 0 Å². The Kier molecular flexibility index (Phi) is 6.92. The molecule has 0 unspecified atom stereocenters. The maximum atomic E-state index is 13.0. The van der Waals surface area contributed by atoms with Crippen LogP contribution in [0.25, 0.3) is 5.76 Å². The number of benzene rings is 2. The van der Waals surface area contributed by atoms with Crippen molar-refractivity contribution in [2.24, 2.45) is 0 Å². The molecule has 0 radical (unpaired) electrons. The number of aryl methyl sites for hydroxylation is 1. The van der Waals surface area contributed by atoms with Gasteiger partial charge in [0.05, 0.1) is 11.6 Å². The average molecular weight is 421 g/mol. The third kappa shape index (κ3) is 4.86. The van der Waals surface area contributed by atoms with Crippen LogP contribution in [0.15, 0.2) is 66.8 Å². The molecule has 1 N–H and O–H groups in total. The van der Waals surface area contributed by atoms with E-state index >= 15 is 0 Å². The van der Waals surface area contributed by atoms with Crippen LogP contribution < -0.4 is 4.74 Å². The fraction of sp³-hybridized carbons (Fsp3) is 0.280. The summed E-state index contributed by atoms with van der Waals surface area (Å²) in [7, 11) is 3.81. The van der Waals surface area contributed by atoms with Gasteiger partial charge in [-0.15, -0.1) is 0 Å². The van der Waals surface area contributed by atoms with Gasteiger partial charge < -0.3 is 19.6 Å². The summed E-state index contributed by atoms with van der Waals surface area (Å²) in [5.41, 5.74) is 2.38. The highest BCUT2D eigenvalue weighted by Crippen LogP contribution is 2.39. The molecule has 3 rings (SSSR count). The molecule has 1 aliphatic rings. The van der Waals surface area contributed by atoms with Crippen LogP contribution in [0.5, 0.6) is 5.75 Å². The number of rotatable bonds is 8. The molecule has 162 valence electrons. The number of hydrogen-bond acceptors (Lipinski definition) is 5. The van der Waals surface area contributed by atoms with Gasteiger partial charge in [-0.25, -0.2) is 0 Å². The zero-order valence-electron chi connectivity index (χ0n) is 18.2. The Morgan fingerprint density at radius 2 is 1.77 bits per heavy atom. The van der Waals surface area contributed by atoms with Crippen molar-refractivity contribution in [2.45, 2.75) is 13.0 Å². The fourth-order valence-electron chi connectivity index (χ4n) is 3.53. The van der Waals surface area contributed by atoms with E-state index in [2.05, 4.69) is 6.58 Å². The van der Waals surface area contributed by atoms with Crippen LogP contribution in [-0.2, 0) is 9.59 Å². The molecule has 0 aliphatic carbocycles. The molecule has 2 aromatic carbocycles. The van der Waals surface area contributed by atoms with Crippen LogP contribution in [0.1, 0.15) is 22.7 Å². The normalized spacial score (nSPS) is 17.9. The molecule has 1 atom stereocenters. The maximum absolute atomic E-state index is 13.0. The van der Waals surface area contributed by atoms with Crippen LogP contribution in [0.2, 0.25) is 0 Å². The van der Waals surface area contributed by atoms with Crippen molar-refractivity contribution in [1.29, 1.82) is 0 Å². The molecule has 1 saturated heterocycles. The van der Waals surface area contributed by atoms with E-state index in [1.54, 1.807) is 30.3 Å². The molecule has 2 aromatic rings. The standard InChI is InChI=1S/C25H28N2O4/c1-5-16-31-20-12-10-18(11-13-20)22-21(23(28)19-8-6-17(2)7-9-19)24(29)25(30)27(22)15-14-26(3)4/h5-13,22,28H,1,14-16H2,2-4H3/t22-/m1/s1. The lowest BCUT2D eigenvalue weighted by atomic mass is 9.95. The molecule has 1 fully saturated rings. The lowest BCUT2D eigenvalue weighted by Gasteiger charge is -2.26. The van der Waals surface area contributed by atoms with Crippen molar-refractivity contribution in [1.82, 2.24) is 9.80 Å². The van der Waals surface area contributed by atoms with Crippen LogP contribution in [0.4, 0.5) is 0 Å². The Morgan fingerprint density at radius 3 is 2.35 bits per heavy atom. The molecule has 0 spiro atoms. The molecule has 6 nitrogen and oxygen atoms in total. The summed E-state index contributed by atoms with van der Waals surface area (Å²) in [5.74, 6) is -0.781. The van der Waals surface area contributed by atoms with Crippen LogP contribution in [-0.4, -0.2) is 60.4 Å². The van der Waals surface area contributed by atoms with Gasteiger partial charge in [0.25, 0.3) is 11.7 Å². The number of likely N-dealkylation sites (N-methyl/N-ethyl adjacent to an activating group) is 1. The molecular weight excluding hydrogens is 392 g/mol. The lowest BCUT2D eigenvalue weighted by Crippen LogP contribution is -2.35. The van der Waals surface area contributed by atoms with Crippen molar-refractivity contribution >= 4 is 17.4 Å². The van der Waals surface area contributed by atoms with E-state index in [-0.39, 0.29) is 11.3 Å². The lowest BCUT2D eigenvalue weighted by molar-refractivity contribution is -0.140. The number of ether oxygens (including phenoxy) is 1. The van der Waals surface area contributed by atoms with Crippen LogP contribution >= 0.6 is 0 Å². The number of likely N-dealkylation sites (tertiary alicyclic amines) is 1. The van der Waals surface area contributed by atoms with Gasteiger partial charge in [-0.05, 0) is 38.7 Å². The predicted octanol–water partition coefficient (Wildman–Crippen LogP) is 3.54. The molecule has 0 aromatic heterocycles. The highest BCUT2D eigenvalue weighted by molar-refractivity contribution is 6.46. The van der Waals surface area contributed by atoms with Gasteiger partial charge >= 0.3 is 0 Å². The molecule has 0 saturated carbocycles. The molecule has 0 bridgehead atoms. The number of carbonyl (C=O) groups excluding carboxylic acids is 2. The first-order valence-electron chi connectivity index (χ1n) is 10.2. The van der Waals surface area contributed by atoms with Crippen molar-refractivity contribution in [3.8, 4) is 5.75 Å². The van der Waals surface area contributed by atoms with E-state index in [9.17, 15) is 14.7 Å². The minimum Gasteiger partial charge on any atom is -0.507 e. The largest absolute Gasteiger partial charge is 0.507 e. The van der Waals surface area contributed by atoms with Crippen molar-refractivity contribution in [3.05, 3.63) is 83.4 Å². The van der Waals surface area contributed by atoms with Gasteiger partial charge in [0.15, 0.2) is 0 Å². The number of nitrogens with zero attached hydrogens (tertiary/aromatic N) is 2. The second-order valence-corrected chi connectivity index (χ2v) is 7.83. The smallest absolute Gasteiger partial charge is 0.295 e. The summed E-state index contributed by atoms with van der Waals surface area (Å²) in [6, 6.07) is 13.8. The van der Waals surface area contributed by atoms with Gasteiger partial charge in [-0.1, -0.05) is 54.6 Å². The number of amides is 1. The highest BCUT2D eigenvalue weighted by atomic mass is 16.5.